The summed E-state index contributed by atoms with van der Waals surface area (Å²) in [7, 11) is 0. The van der Waals surface area contributed by atoms with Crippen LogP contribution in [-0.2, 0) is 0 Å². The number of allylic oxidation sites excluding steroid dienone is 4. The summed E-state index contributed by atoms with van der Waals surface area (Å²) in [6.45, 7) is 0. The van der Waals surface area contributed by atoms with Crippen molar-refractivity contribution < 1.29 is 0 Å². The summed E-state index contributed by atoms with van der Waals surface area (Å²) in [5.41, 5.74) is 17.1. The maximum atomic E-state index is 5.41. The normalized spacial score (nSPS) is 13.6. The number of aromatic nitrogens is 2. The monoisotopic (exact) mass is 870 g/mol. The van der Waals surface area contributed by atoms with E-state index in [1.54, 1.807) is 0 Å². The third-order valence-corrected chi connectivity index (χ3v) is 14.9. The van der Waals surface area contributed by atoms with Crippen molar-refractivity contribution in [1.29, 1.82) is 0 Å². The van der Waals surface area contributed by atoms with Gasteiger partial charge in [0.15, 0.2) is 0 Å². The summed E-state index contributed by atoms with van der Waals surface area (Å²) in [5.74, 6) is 0.372. The second kappa shape index (κ2) is 16.3. The van der Waals surface area contributed by atoms with Crippen LogP contribution in [0.5, 0.6) is 0 Å². The van der Waals surface area contributed by atoms with Gasteiger partial charge in [0.1, 0.15) is 0 Å². The Kier molecular flexibility index (Phi) is 9.54. The molecule has 0 spiro atoms. The van der Waals surface area contributed by atoms with Crippen molar-refractivity contribution in [1.82, 2.24) is 9.97 Å². The predicted octanol–water partition coefficient (Wildman–Crippen LogP) is 17.9. The highest BCUT2D eigenvalue weighted by molar-refractivity contribution is 7.27. The molecule has 1 unspecified atom stereocenters. The average molecular weight is 871 g/mol. The van der Waals surface area contributed by atoms with Gasteiger partial charge in [-0.3, -0.25) is 4.98 Å². The molecule has 67 heavy (non-hydrogen) atoms. The summed E-state index contributed by atoms with van der Waals surface area (Å²) < 4.78 is 2.55. The molecule has 10 aromatic carbocycles. The van der Waals surface area contributed by atoms with Crippen LogP contribution in [0.25, 0.3) is 120 Å². The summed E-state index contributed by atoms with van der Waals surface area (Å²) in [4.78, 5) is 10.6. The second-order valence-corrected chi connectivity index (χ2v) is 18.6. The second-order valence-electron chi connectivity index (χ2n) is 17.6. The van der Waals surface area contributed by atoms with E-state index < -0.39 is 0 Å². The molecular weight excluding hydrogens is 829 g/mol. The molecule has 1 aliphatic carbocycles. The molecule has 2 aromatic heterocycles. The van der Waals surface area contributed by atoms with Crippen molar-refractivity contribution in [3.8, 4) is 66.9 Å². The van der Waals surface area contributed by atoms with Crippen LogP contribution in [0.3, 0.4) is 0 Å². The lowest BCUT2D eigenvalue weighted by molar-refractivity contribution is 0.854. The Hall–Kier alpha value is -8.24. The molecule has 13 rings (SSSR count). The van der Waals surface area contributed by atoms with E-state index >= 15 is 0 Å². The van der Waals surface area contributed by atoms with Crippen LogP contribution in [0, 0.1) is 0 Å². The van der Waals surface area contributed by atoms with Gasteiger partial charge in [0.25, 0.3) is 0 Å². The molecule has 2 heterocycles. The van der Waals surface area contributed by atoms with E-state index in [2.05, 4.69) is 231 Å². The number of benzene rings is 10. The van der Waals surface area contributed by atoms with Crippen LogP contribution in [0.15, 0.2) is 237 Å². The van der Waals surface area contributed by atoms with Crippen molar-refractivity contribution in [2.45, 2.75) is 12.3 Å². The lowest BCUT2D eigenvalue weighted by atomic mass is 9.89. The maximum absolute atomic E-state index is 5.41. The van der Waals surface area contributed by atoms with E-state index in [-0.39, 0.29) is 0 Å². The molecule has 0 fully saturated rings. The van der Waals surface area contributed by atoms with Gasteiger partial charge in [0.2, 0.25) is 0 Å². The molecule has 2 nitrogen and oxygen atoms in total. The van der Waals surface area contributed by atoms with Crippen molar-refractivity contribution in [2.75, 3.05) is 0 Å². The Morgan fingerprint density at radius 1 is 0.373 bits per heavy atom. The van der Waals surface area contributed by atoms with E-state index in [1.807, 2.05) is 17.5 Å². The zero-order valence-electron chi connectivity index (χ0n) is 36.6. The van der Waals surface area contributed by atoms with E-state index in [1.165, 1.54) is 86.6 Å². The van der Waals surface area contributed by atoms with Gasteiger partial charge in [0, 0.05) is 53.6 Å². The fourth-order valence-electron chi connectivity index (χ4n) is 10.3. The first-order chi connectivity index (χ1) is 33.2. The minimum absolute atomic E-state index is 0.372. The molecule has 314 valence electrons. The standard InChI is InChI=1S/C64H42N2S/c1-4-17-41(18-5-1)44-23-14-25-46(33-44)50-36-56(43-21-8-3-9-22-43)63-58(38-50)59-39-51(47-26-15-24-45(34-47)42-19-6-2-7-20-42)37-57(64(59)67-63)48-27-16-28-49(35-48)60-40-65-61-54-31-12-10-29-52(54)53-30-11-13-32-55(53)62(61)66-60/h1-17,19-41H,18H2. The number of nitrogens with zero attached hydrogens (tertiary/aromatic N) is 2. The summed E-state index contributed by atoms with van der Waals surface area (Å²) in [5, 5.41) is 7.14. The van der Waals surface area contributed by atoms with E-state index in [0.29, 0.717) is 5.92 Å². The smallest absolute Gasteiger partial charge is 0.0979 e. The SMILES string of the molecule is C1=CCC(c2cccc(-c3cc(-c4ccccc4)c4sc5c(-c6cccc(-c7cnc8c9ccccc9c9ccccc9c8n7)c6)cc(-c6cccc(-c7ccccc7)c6)cc5c4c3)c2)C=C1. The summed E-state index contributed by atoms with van der Waals surface area (Å²) >= 11 is 1.90. The number of fused-ring (bicyclic) bond motifs is 9. The number of thiophene rings is 1. The summed E-state index contributed by atoms with van der Waals surface area (Å²) in [6.07, 6.45) is 11.9. The number of hydrogen-bond donors (Lipinski definition) is 0. The van der Waals surface area contributed by atoms with Gasteiger partial charge in [0.05, 0.1) is 22.9 Å². The topological polar surface area (TPSA) is 25.8 Å². The largest absolute Gasteiger partial charge is 0.252 e. The Bertz CT molecular complexity index is 3920. The molecule has 0 radical (unpaired) electrons. The Morgan fingerprint density at radius 2 is 0.896 bits per heavy atom. The molecule has 1 atom stereocenters. The van der Waals surface area contributed by atoms with Gasteiger partial charge >= 0.3 is 0 Å². The van der Waals surface area contributed by atoms with Crippen LogP contribution >= 0.6 is 11.3 Å². The molecule has 0 N–H and O–H groups in total. The number of rotatable bonds is 7. The predicted molar refractivity (Wildman–Crippen MR) is 286 cm³/mol. The minimum atomic E-state index is 0.372. The Labute approximate surface area is 393 Å². The van der Waals surface area contributed by atoms with Crippen molar-refractivity contribution >= 4 is 64.1 Å². The zero-order valence-corrected chi connectivity index (χ0v) is 37.4. The van der Waals surface area contributed by atoms with Crippen molar-refractivity contribution in [2.24, 2.45) is 0 Å². The molecule has 0 saturated heterocycles. The third kappa shape index (κ3) is 6.95. The van der Waals surface area contributed by atoms with Gasteiger partial charge in [-0.15, -0.1) is 11.3 Å². The van der Waals surface area contributed by atoms with E-state index in [4.69, 9.17) is 9.97 Å². The molecule has 0 aliphatic heterocycles. The fourth-order valence-corrected chi connectivity index (χ4v) is 11.6. The first-order valence-corrected chi connectivity index (χ1v) is 23.9. The number of hydrogen-bond acceptors (Lipinski definition) is 3. The lowest BCUT2D eigenvalue weighted by Gasteiger charge is -2.15. The van der Waals surface area contributed by atoms with Gasteiger partial charge in [-0.25, -0.2) is 4.98 Å². The van der Waals surface area contributed by atoms with Crippen LogP contribution in [0.2, 0.25) is 0 Å². The third-order valence-electron chi connectivity index (χ3n) is 13.6. The van der Waals surface area contributed by atoms with Gasteiger partial charge in [-0.1, -0.05) is 194 Å². The zero-order chi connectivity index (χ0) is 44.3. The van der Waals surface area contributed by atoms with E-state index in [9.17, 15) is 0 Å². The molecular formula is C64H42N2S. The molecule has 0 saturated carbocycles. The average Bonchev–Trinajstić information content (AvgIpc) is 3.80. The van der Waals surface area contributed by atoms with Crippen LogP contribution < -0.4 is 0 Å². The van der Waals surface area contributed by atoms with Crippen LogP contribution in [-0.4, -0.2) is 9.97 Å². The lowest BCUT2D eigenvalue weighted by Crippen LogP contribution is -1.96. The molecule has 1 aliphatic rings. The van der Waals surface area contributed by atoms with E-state index in [0.717, 1.165) is 45.0 Å². The van der Waals surface area contributed by atoms with Gasteiger partial charge in [-0.05, 0) is 104 Å². The quantitative estimate of drug-likeness (QED) is 0.149. The molecule has 3 heteroatoms. The Balaban J connectivity index is 1.04. The molecule has 0 bridgehead atoms. The molecule has 12 aromatic rings. The maximum Gasteiger partial charge on any atom is 0.0979 e. The Morgan fingerprint density at radius 3 is 1.57 bits per heavy atom. The van der Waals surface area contributed by atoms with Crippen molar-refractivity contribution in [3.05, 3.63) is 242 Å². The fraction of sp³-hybridized carbons (Fsp3) is 0.0312. The molecule has 0 amide bonds. The highest BCUT2D eigenvalue weighted by Gasteiger charge is 2.20. The van der Waals surface area contributed by atoms with Crippen LogP contribution in [0.1, 0.15) is 17.9 Å². The first-order valence-electron chi connectivity index (χ1n) is 23.1. The van der Waals surface area contributed by atoms with Gasteiger partial charge < -0.3 is 0 Å². The minimum Gasteiger partial charge on any atom is -0.252 e. The van der Waals surface area contributed by atoms with Crippen LogP contribution in [0.4, 0.5) is 0 Å². The first kappa shape index (κ1) is 39.2. The van der Waals surface area contributed by atoms with Crippen molar-refractivity contribution in [3.63, 3.8) is 0 Å². The summed E-state index contributed by atoms with van der Waals surface area (Å²) in [6, 6.07) is 75.5. The van der Waals surface area contributed by atoms with Gasteiger partial charge in [-0.2, -0.15) is 0 Å². The highest BCUT2D eigenvalue weighted by Crippen LogP contribution is 2.48. The highest BCUT2D eigenvalue weighted by atomic mass is 32.1.